The van der Waals surface area contributed by atoms with Gasteiger partial charge in [-0.15, -0.1) is 0 Å². The number of carbonyl (C=O) groups excluding carboxylic acids is 2. The molecule has 0 saturated heterocycles. The number of ether oxygens (including phenoxy) is 1. The van der Waals surface area contributed by atoms with E-state index >= 15 is 0 Å². The molecule has 1 aromatic heterocycles. The van der Waals surface area contributed by atoms with Gasteiger partial charge in [-0.25, -0.2) is 14.8 Å². The van der Waals surface area contributed by atoms with E-state index in [9.17, 15) is 9.59 Å². The molecule has 29 heavy (non-hydrogen) atoms. The van der Waals surface area contributed by atoms with E-state index < -0.39 is 11.9 Å². The van der Waals surface area contributed by atoms with Crippen molar-refractivity contribution in [2.45, 2.75) is 6.92 Å². The van der Waals surface area contributed by atoms with Crippen molar-refractivity contribution in [1.82, 2.24) is 9.97 Å². The summed E-state index contributed by atoms with van der Waals surface area (Å²) in [6.07, 6.45) is 2.73. The quantitative estimate of drug-likeness (QED) is 0.621. The summed E-state index contributed by atoms with van der Waals surface area (Å²) < 4.78 is 5.00. The minimum atomic E-state index is -0.520. The molecular formula is C21H17N5O3. The van der Waals surface area contributed by atoms with Crippen LogP contribution < -0.4 is 10.6 Å². The molecule has 0 unspecified atom stereocenters. The first-order valence-electron chi connectivity index (χ1n) is 8.77. The molecule has 0 aliphatic heterocycles. The van der Waals surface area contributed by atoms with Crippen LogP contribution in [-0.2, 0) is 4.74 Å². The fraction of sp³-hybridized carbons (Fsp3) is 0.0952. The molecule has 0 aliphatic rings. The van der Waals surface area contributed by atoms with Crippen LogP contribution in [0.1, 0.15) is 33.3 Å². The van der Waals surface area contributed by atoms with Crippen molar-refractivity contribution in [2.24, 2.45) is 0 Å². The lowest BCUT2D eigenvalue weighted by molar-refractivity contribution is 0.0527. The minimum absolute atomic E-state index is 0.0833. The maximum absolute atomic E-state index is 12.5. The Morgan fingerprint density at radius 1 is 1.10 bits per heavy atom. The van der Waals surface area contributed by atoms with E-state index in [0.717, 1.165) is 0 Å². The number of nitriles is 1. The first kappa shape index (κ1) is 19.5. The van der Waals surface area contributed by atoms with E-state index in [1.807, 2.05) is 0 Å². The summed E-state index contributed by atoms with van der Waals surface area (Å²) in [6.45, 7) is 1.94. The number of para-hydroxylation sites is 1. The van der Waals surface area contributed by atoms with Crippen LogP contribution >= 0.6 is 0 Å². The molecule has 0 aliphatic carbocycles. The van der Waals surface area contributed by atoms with Gasteiger partial charge < -0.3 is 15.4 Å². The Balaban J connectivity index is 1.71. The first-order valence-corrected chi connectivity index (χ1v) is 8.77. The average molecular weight is 387 g/mol. The van der Waals surface area contributed by atoms with Gasteiger partial charge >= 0.3 is 5.97 Å². The summed E-state index contributed by atoms with van der Waals surface area (Å²) in [6, 6.07) is 15.5. The number of benzene rings is 2. The number of nitrogens with zero attached hydrogens (tertiary/aromatic N) is 3. The molecule has 0 bridgehead atoms. The lowest BCUT2D eigenvalue weighted by atomic mass is 10.1. The van der Waals surface area contributed by atoms with E-state index in [1.54, 1.807) is 55.5 Å². The zero-order valence-corrected chi connectivity index (χ0v) is 15.5. The number of aromatic nitrogens is 2. The minimum Gasteiger partial charge on any atom is -0.462 e. The van der Waals surface area contributed by atoms with Gasteiger partial charge in [-0.3, -0.25) is 4.79 Å². The summed E-state index contributed by atoms with van der Waals surface area (Å²) in [7, 11) is 0. The van der Waals surface area contributed by atoms with Crippen LogP contribution in [0.4, 0.5) is 17.2 Å². The molecule has 0 saturated carbocycles. The second kappa shape index (κ2) is 9.10. The highest BCUT2D eigenvalue weighted by atomic mass is 16.5. The lowest BCUT2D eigenvalue weighted by Crippen LogP contribution is -2.17. The third kappa shape index (κ3) is 4.93. The molecule has 0 atom stereocenters. The van der Waals surface area contributed by atoms with Gasteiger partial charge in [-0.1, -0.05) is 18.2 Å². The summed E-state index contributed by atoms with van der Waals surface area (Å²) in [4.78, 5) is 32.8. The molecule has 0 fully saturated rings. The van der Waals surface area contributed by atoms with Gasteiger partial charge in [0.05, 0.1) is 41.9 Å². The number of esters is 1. The van der Waals surface area contributed by atoms with Crippen molar-refractivity contribution < 1.29 is 14.3 Å². The Kier molecular flexibility index (Phi) is 6.12. The Bertz CT molecular complexity index is 1070. The second-order valence-corrected chi connectivity index (χ2v) is 5.82. The highest BCUT2D eigenvalue weighted by Gasteiger charge is 2.15. The Morgan fingerprint density at radius 2 is 1.93 bits per heavy atom. The SMILES string of the molecule is CCOC(=O)c1ccccc1NC(=O)c1cnc(Nc2cccc(C#N)c2)cn1. The second-order valence-electron chi connectivity index (χ2n) is 5.82. The maximum Gasteiger partial charge on any atom is 0.340 e. The zero-order valence-electron chi connectivity index (χ0n) is 15.5. The van der Waals surface area contributed by atoms with Crippen molar-refractivity contribution in [3.63, 3.8) is 0 Å². The van der Waals surface area contributed by atoms with Gasteiger partial charge in [-0.05, 0) is 37.3 Å². The van der Waals surface area contributed by atoms with E-state index in [4.69, 9.17) is 10.00 Å². The van der Waals surface area contributed by atoms with Crippen LogP contribution in [0.15, 0.2) is 60.9 Å². The largest absolute Gasteiger partial charge is 0.462 e. The molecule has 2 aromatic carbocycles. The zero-order chi connectivity index (χ0) is 20.6. The molecule has 3 rings (SSSR count). The Hall–Kier alpha value is -4.25. The lowest BCUT2D eigenvalue weighted by Gasteiger charge is -2.10. The van der Waals surface area contributed by atoms with Crippen LogP contribution in [-0.4, -0.2) is 28.5 Å². The molecule has 144 valence electrons. The van der Waals surface area contributed by atoms with E-state index in [-0.39, 0.29) is 17.9 Å². The van der Waals surface area contributed by atoms with E-state index in [2.05, 4.69) is 26.7 Å². The number of amides is 1. The average Bonchev–Trinajstić information content (AvgIpc) is 2.75. The monoisotopic (exact) mass is 387 g/mol. The predicted molar refractivity (Wildman–Crippen MR) is 107 cm³/mol. The van der Waals surface area contributed by atoms with Crippen molar-refractivity contribution >= 4 is 29.1 Å². The Morgan fingerprint density at radius 3 is 2.66 bits per heavy atom. The van der Waals surface area contributed by atoms with Crippen molar-refractivity contribution in [1.29, 1.82) is 5.26 Å². The van der Waals surface area contributed by atoms with Gasteiger partial charge in [0.1, 0.15) is 11.5 Å². The predicted octanol–water partition coefficient (Wildman–Crippen LogP) is 3.52. The highest BCUT2D eigenvalue weighted by Crippen LogP contribution is 2.18. The molecule has 0 spiro atoms. The molecule has 0 radical (unpaired) electrons. The molecule has 2 N–H and O–H groups in total. The molecular weight excluding hydrogens is 370 g/mol. The fourth-order valence-electron chi connectivity index (χ4n) is 2.49. The summed E-state index contributed by atoms with van der Waals surface area (Å²) in [5.74, 6) is -0.607. The Labute approximate surface area is 167 Å². The fourth-order valence-corrected chi connectivity index (χ4v) is 2.49. The number of carbonyl (C=O) groups is 2. The standard InChI is InChI=1S/C21H17N5O3/c1-2-29-21(28)16-8-3-4-9-17(16)26-20(27)18-12-24-19(13-23-18)25-15-7-5-6-14(10-15)11-22/h3-10,12-13H,2H2,1H3,(H,24,25)(H,26,27). The topological polar surface area (TPSA) is 117 Å². The van der Waals surface area contributed by atoms with Crippen LogP contribution in [0.3, 0.4) is 0 Å². The van der Waals surface area contributed by atoms with Crippen LogP contribution in [0.25, 0.3) is 0 Å². The third-order valence-corrected chi connectivity index (χ3v) is 3.82. The molecule has 1 heterocycles. The van der Waals surface area contributed by atoms with E-state index in [0.29, 0.717) is 22.8 Å². The van der Waals surface area contributed by atoms with Crippen LogP contribution in [0.2, 0.25) is 0 Å². The molecule has 1 amide bonds. The van der Waals surface area contributed by atoms with Gasteiger partial charge in [-0.2, -0.15) is 5.26 Å². The molecule has 8 heteroatoms. The maximum atomic E-state index is 12.5. The van der Waals surface area contributed by atoms with Gasteiger partial charge in [0.25, 0.3) is 5.91 Å². The summed E-state index contributed by atoms with van der Waals surface area (Å²) >= 11 is 0. The number of nitrogens with one attached hydrogen (secondary N) is 2. The number of hydrogen-bond acceptors (Lipinski definition) is 7. The van der Waals surface area contributed by atoms with Gasteiger partial charge in [0.2, 0.25) is 0 Å². The van der Waals surface area contributed by atoms with Crippen molar-refractivity contribution in [3.8, 4) is 6.07 Å². The summed E-state index contributed by atoms with van der Waals surface area (Å²) in [5, 5.41) is 14.6. The van der Waals surface area contributed by atoms with Crippen LogP contribution in [0.5, 0.6) is 0 Å². The molecule has 3 aromatic rings. The van der Waals surface area contributed by atoms with Crippen LogP contribution in [0, 0.1) is 11.3 Å². The molecule has 8 nitrogen and oxygen atoms in total. The van der Waals surface area contributed by atoms with Gasteiger partial charge in [0, 0.05) is 5.69 Å². The van der Waals surface area contributed by atoms with Crippen molar-refractivity contribution in [2.75, 3.05) is 17.2 Å². The number of rotatable bonds is 6. The number of hydrogen-bond donors (Lipinski definition) is 2. The highest BCUT2D eigenvalue weighted by molar-refractivity contribution is 6.07. The normalized spacial score (nSPS) is 9.93. The third-order valence-electron chi connectivity index (χ3n) is 3.82. The van der Waals surface area contributed by atoms with E-state index in [1.165, 1.54) is 12.4 Å². The summed E-state index contributed by atoms with van der Waals surface area (Å²) in [5.41, 5.74) is 1.86. The first-order chi connectivity index (χ1) is 14.1. The smallest absolute Gasteiger partial charge is 0.340 e. The van der Waals surface area contributed by atoms with Gasteiger partial charge in [0.15, 0.2) is 0 Å². The van der Waals surface area contributed by atoms with Crippen molar-refractivity contribution in [3.05, 3.63) is 77.7 Å². The number of anilines is 3.